The van der Waals surface area contributed by atoms with Crippen LogP contribution in [0.3, 0.4) is 0 Å². The molecule has 112 valence electrons. The standard InChI is InChI=1S/C17H14ClNO2S/c1-11-7-8-13(9-12(11)2)22(20,21)16-10-19-15-6-4-3-5-14(15)17(16)18/h3-10H,1-2H3. The van der Waals surface area contributed by atoms with Crippen LogP contribution in [0.15, 0.2) is 58.5 Å². The molecule has 0 amide bonds. The van der Waals surface area contributed by atoms with E-state index in [0.29, 0.717) is 10.9 Å². The number of halogens is 1. The number of rotatable bonds is 2. The fraction of sp³-hybridized carbons (Fsp3) is 0.118. The number of hydrogen-bond donors (Lipinski definition) is 0. The zero-order chi connectivity index (χ0) is 15.9. The predicted octanol–water partition coefficient (Wildman–Crippen LogP) is 4.34. The molecule has 0 N–H and O–H groups in total. The van der Waals surface area contributed by atoms with Gasteiger partial charge in [-0.3, -0.25) is 4.98 Å². The summed E-state index contributed by atoms with van der Waals surface area (Å²) in [4.78, 5) is 4.48. The second-order valence-electron chi connectivity index (χ2n) is 5.20. The van der Waals surface area contributed by atoms with Gasteiger partial charge < -0.3 is 0 Å². The maximum absolute atomic E-state index is 12.8. The van der Waals surface area contributed by atoms with Crippen LogP contribution in [0, 0.1) is 13.8 Å². The van der Waals surface area contributed by atoms with E-state index < -0.39 is 9.84 Å². The SMILES string of the molecule is Cc1ccc(S(=O)(=O)c2cnc3ccccc3c2Cl)cc1C. The third kappa shape index (κ3) is 2.38. The fourth-order valence-corrected chi connectivity index (χ4v) is 4.17. The number of para-hydroxylation sites is 1. The first kappa shape index (κ1) is 15.0. The van der Waals surface area contributed by atoms with E-state index in [1.54, 1.807) is 30.3 Å². The van der Waals surface area contributed by atoms with Gasteiger partial charge in [0.2, 0.25) is 9.84 Å². The van der Waals surface area contributed by atoms with Crippen LogP contribution in [0.2, 0.25) is 5.02 Å². The first-order valence-electron chi connectivity index (χ1n) is 6.77. The van der Waals surface area contributed by atoms with Crippen LogP contribution in [0.1, 0.15) is 11.1 Å². The van der Waals surface area contributed by atoms with Gasteiger partial charge in [0, 0.05) is 11.6 Å². The van der Waals surface area contributed by atoms with E-state index >= 15 is 0 Å². The molecule has 2 aromatic carbocycles. The van der Waals surface area contributed by atoms with Crippen molar-refractivity contribution in [1.82, 2.24) is 4.98 Å². The number of aromatic nitrogens is 1. The lowest BCUT2D eigenvalue weighted by atomic mass is 10.1. The third-order valence-electron chi connectivity index (χ3n) is 3.76. The number of sulfone groups is 1. The minimum Gasteiger partial charge on any atom is -0.255 e. The molecule has 0 aliphatic heterocycles. The van der Waals surface area contributed by atoms with Crippen molar-refractivity contribution in [2.75, 3.05) is 0 Å². The molecular formula is C17H14ClNO2S. The van der Waals surface area contributed by atoms with Crippen LogP contribution < -0.4 is 0 Å². The lowest BCUT2D eigenvalue weighted by Crippen LogP contribution is -2.04. The quantitative estimate of drug-likeness (QED) is 0.702. The van der Waals surface area contributed by atoms with E-state index in [-0.39, 0.29) is 14.8 Å². The first-order valence-corrected chi connectivity index (χ1v) is 8.63. The number of hydrogen-bond acceptors (Lipinski definition) is 3. The van der Waals surface area contributed by atoms with Gasteiger partial charge in [-0.1, -0.05) is 35.9 Å². The predicted molar refractivity (Wildman–Crippen MR) is 88.1 cm³/mol. The average molecular weight is 332 g/mol. The van der Waals surface area contributed by atoms with Crippen molar-refractivity contribution in [2.45, 2.75) is 23.6 Å². The Hall–Kier alpha value is -1.91. The van der Waals surface area contributed by atoms with Crippen molar-refractivity contribution in [1.29, 1.82) is 0 Å². The molecule has 3 nitrogen and oxygen atoms in total. The largest absolute Gasteiger partial charge is 0.255 e. The zero-order valence-corrected chi connectivity index (χ0v) is 13.7. The topological polar surface area (TPSA) is 47.0 Å². The molecule has 0 fully saturated rings. The van der Waals surface area contributed by atoms with Gasteiger partial charge >= 0.3 is 0 Å². The summed E-state index contributed by atoms with van der Waals surface area (Å²) in [5.41, 5.74) is 2.64. The van der Waals surface area contributed by atoms with Crippen molar-refractivity contribution >= 4 is 32.3 Å². The number of aryl methyl sites for hydroxylation is 2. The van der Waals surface area contributed by atoms with Crippen molar-refractivity contribution in [3.05, 3.63) is 64.8 Å². The molecule has 5 heteroatoms. The van der Waals surface area contributed by atoms with Crippen LogP contribution >= 0.6 is 11.6 Å². The van der Waals surface area contributed by atoms with Gasteiger partial charge in [0.15, 0.2) is 0 Å². The van der Waals surface area contributed by atoms with E-state index in [0.717, 1.165) is 11.1 Å². The molecule has 0 bridgehead atoms. The van der Waals surface area contributed by atoms with Crippen LogP contribution in [0.25, 0.3) is 10.9 Å². The smallest absolute Gasteiger partial charge is 0.209 e. The monoisotopic (exact) mass is 331 g/mol. The molecule has 1 heterocycles. The van der Waals surface area contributed by atoms with Crippen LogP contribution in [0.4, 0.5) is 0 Å². The van der Waals surface area contributed by atoms with Gasteiger partial charge in [0.1, 0.15) is 4.90 Å². The van der Waals surface area contributed by atoms with E-state index in [9.17, 15) is 8.42 Å². The Labute approximate surface area is 134 Å². The molecule has 0 aliphatic rings. The van der Waals surface area contributed by atoms with Crippen molar-refractivity contribution in [3.8, 4) is 0 Å². The highest BCUT2D eigenvalue weighted by Gasteiger charge is 2.23. The molecule has 0 aliphatic carbocycles. The molecule has 0 spiro atoms. The first-order chi connectivity index (χ1) is 10.4. The third-order valence-corrected chi connectivity index (χ3v) is 6.04. The molecule has 0 atom stereocenters. The maximum Gasteiger partial charge on any atom is 0.209 e. The van der Waals surface area contributed by atoms with Crippen LogP contribution in [-0.2, 0) is 9.84 Å². The van der Waals surface area contributed by atoms with Crippen molar-refractivity contribution < 1.29 is 8.42 Å². The highest BCUT2D eigenvalue weighted by Crippen LogP contribution is 2.32. The van der Waals surface area contributed by atoms with Crippen molar-refractivity contribution in [2.24, 2.45) is 0 Å². The van der Waals surface area contributed by atoms with Gasteiger partial charge in [-0.2, -0.15) is 0 Å². The summed E-state index contributed by atoms with van der Waals surface area (Å²) < 4.78 is 25.7. The van der Waals surface area contributed by atoms with E-state index in [2.05, 4.69) is 4.98 Å². The second kappa shape index (κ2) is 5.38. The summed E-state index contributed by atoms with van der Waals surface area (Å²) in [6.45, 7) is 3.82. The Morgan fingerprint density at radius 2 is 1.73 bits per heavy atom. The maximum atomic E-state index is 12.8. The molecule has 0 saturated carbocycles. The Balaban J connectivity index is 2.25. The zero-order valence-electron chi connectivity index (χ0n) is 12.2. The molecular weight excluding hydrogens is 318 g/mol. The number of fused-ring (bicyclic) bond motifs is 1. The van der Waals surface area contributed by atoms with E-state index in [1.807, 2.05) is 26.0 Å². The number of pyridine rings is 1. The molecule has 22 heavy (non-hydrogen) atoms. The Kier molecular flexibility index (Phi) is 3.67. The summed E-state index contributed by atoms with van der Waals surface area (Å²) in [5.74, 6) is 0. The molecule has 0 radical (unpaired) electrons. The fourth-order valence-electron chi connectivity index (χ4n) is 2.28. The lowest BCUT2D eigenvalue weighted by molar-refractivity contribution is 0.596. The molecule has 0 unspecified atom stereocenters. The molecule has 3 aromatic rings. The minimum atomic E-state index is -3.69. The normalized spacial score (nSPS) is 11.8. The van der Waals surface area contributed by atoms with Gasteiger partial charge in [-0.25, -0.2) is 8.42 Å². The van der Waals surface area contributed by atoms with Gasteiger partial charge in [-0.05, 0) is 43.2 Å². The minimum absolute atomic E-state index is 0.0381. The number of benzene rings is 2. The Morgan fingerprint density at radius 3 is 2.45 bits per heavy atom. The summed E-state index contributed by atoms with van der Waals surface area (Å²) in [5, 5.41) is 0.845. The van der Waals surface area contributed by atoms with Gasteiger partial charge in [-0.15, -0.1) is 0 Å². The van der Waals surface area contributed by atoms with E-state index in [1.165, 1.54) is 6.20 Å². The highest BCUT2D eigenvalue weighted by molar-refractivity contribution is 7.91. The highest BCUT2D eigenvalue weighted by atomic mass is 35.5. The van der Waals surface area contributed by atoms with Crippen LogP contribution in [-0.4, -0.2) is 13.4 Å². The Morgan fingerprint density at radius 1 is 1.00 bits per heavy atom. The average Bonchev–Trinajstić information content (AvgIpc) is 2.50. The molecule has 1 aromatic heterocycles. The molecule has 3 rings (SSSR count). The van der Waals surface area contributed by atoms with Gasteiger partial charge in [0.25, 0.3) is 0 Å². The van der Waals surface area contributed by atoms with Crippen molar-refractivity contribution in [3.63, 3.8) is 0 Å². The summed E-state index contributed by atoms with van der Waals surface area (Å²) >= 11 is 6.33. The lowest BCUT2D eigenvalue weighted by Gasteiger charge is -2.10. The van der Waals surface area contributed by atoms with Crippen LogP contribution in [0.5, 0.6) is 0 Å². The summed E-state index contributed by atoms with van der Waals surface area (Å²) in [6.07, 6.45) is 1.33. The molecule has 0 saturated heterocycles. The summed E-state index contributed by atoms with van der Waals surface area (Å²) in [7, 11) is -3.69. The Bertz CT molecular complexity index is 981. The van der Waals surface area contributed by atoms with Gasteiger partial charge in [0.05, 0.1) is 15.4 Å². The number of nitrogens with zero attached hydrogens (tertiary/aromatic N) is 1. The second-order valence-corrected chi connectivity index (χ2v) is 7.50. The summed E-state index contributed by atoms with van der Waals surface area (Å²) in [6, 6.07) is 12.3. The van der Waals surface area contributed by atoms with E-state index in [4.69, 9.17) is 11.6 Å².